The van der Waals surface area contributed by atoms with Crippen molar-refractivity contribution in [2.24, 2.45) is 5.92 Å². The smallest absolute Gasteiger partial charge is 0.229 e. The molecule has 1 saturated heterocycles. The number of imidazole rings is 1. The number of halogens is 1. The highest BCUT2D eigenvalue weighted by Crippen LogP contribution is 2.29. The number of amides is 2. The summed E-state index contributed by atoms with van der Waals surface area (Å²) in [6, 6.07) is 14.9. The van der Waals surface area contributed by atoms with E-state index in [0.29, 0.717) is 11.6 Å². The quantitative estimate of drug-likeness (QED) is 0.689. The number of anilines is 2. The van der Waals surface area contributed by atoms with E-state index in [9.17, 15) is 9.59 Å². The van der Waals surface area contributed by atoms with Gasteiger partial charge in [-0.1, -0.05) is 23.7 Å². The normalized spacial score (nSPS) is 18.0. The molecule has 5 rings (SSSR count). The van der Waals surface area contributed by atoms with Gasteiger partial charge < -0.3 is 14.8 Å². The van der Waals surface area contributed by atoms with E-state index < -0.39 is 5.92 Å². The maximum atomic E-state index is 12.8. The van der Waals surface area contributed by atoms with Gasteiger partial charge >= 0.3 is 0 Å². The summed E-state index contributed by atoms with van der Waals surface area (Å²) in [5.74, 6) is 0.527. The molecule has 3 aromatic rings. The molecule has 1 N–H and O–H groups in total. The SMILES string of the molecule is O=C(Nc1cccc(-c2cnc3n2CCC3)c1)C1CC(=O)N(c2ccc(Cl)cc2)C1. The van der Waals surface area contributed by atoms with Gasteiger partial charge in [0.2, 0.25) is 11.8 Å². The van der Waals surface area contributed by atoms with Gasteiger partial charge in [-0.3, -0.25) is 9.59 Å². The van der Waals surface area contributed by atoms with Crippen LogP contribution in [0.25, 0.3) is 11.3 Å². The number of hydrogen-bond donors (Lipinski definition) is 1. The summed E-state index contributed by atoms with van der Waals surface area (Å²) in [4.78, 5) is 31.4. The third-order valence-electron chi connectivity index (χ3n) is 5.78. The molecule has 1 atom stereocenters. The Bertz CT molecular complexity index is 1120. The molecule has 1 unspecified atom stereocenters. The van der Waals surface area contributed by atoms with Crippen LogP contribution in [-0.2, 0) is 22.6 Å². The maximum absolute atomic E-state index is 12.8. The summed E-state index contributed by atoms with van der Waals surface area (Å²) in [5, 5.41) is 3.60. The monoisotopic (exact) mass is 420 g/mol. The van der Waals surface area contributed by atoms with Crippen LogP contribution in [0.2, 0.25) is 5.02 Å². The average molecular weight is 421 g/mol. The van der Waals surface area contributed by atoms with E-state index in [1.54, 1.807) is 29.2 Å². The van der Waals surface area contributed by atoms with E-state index in [1.807, 2.05) is 30.5 Å². The zero-order valence-corrected chi connectivity index (χ0v) is 17.1. The summed E-state index contributed by atoms with van der Waals surface area (Å²) >= 11 is 5.93. The number of nitrogens with zero attached hydrogens (tertiary/aromatic N) is 3. The number of aromatic nitrogens is 2. The number of rotatable bonds is 4. The summed E-state index contributed by atoms with van der Waals surface area (Å²) in [5.41, 5.74) is 3.59. The Morgan fingerprint density at radius 2 is 2.00 bits per heavy atom. The highest BCUT2D eigenvalue weighted by molar-refractivity contribution is 6.30. The van der Waals surface area contributed by atoms with Crippen LogP contribution in [0.15, 0.2) is 54.7 Å². The molecule has 3 heterocycles. The van der Waals surface area contributed by atoms with Gasteiger partial charge in [0.05, 0.1) is 17.8 Å². The molecule has 30 heavy (non-hydrogen) atoms. The zero-order chi connectivity index (χ0) is 20.7. The molecule has 0 aliphatic carbocycles. The lowest BCUT2D eigenvalue weighted by Crippen LogP contribution is -2.28. The largest absolute Gasteiger partial charge is 0.328 e. The molecular formula is C23H21ClN4O2. The molecule has 0 saturated carbocycles. The van der Waals surface area contributed by atoms with Crippen LogP contribution >= 0.6 is 11.6 Å². The van der Waals surface area contributed by atoms with Crippen molar-refractivity contribution in [1.82, 2.24) is 9.55 Å². The number of aryl methyl sites for hydroxylation is 1. The van der Waals surface area contributed by atoms with E-state index in [-0.39, 0.29) is 18.2 Å². The molecule has 152 valence electrons. The molecule has 2 aliphatic heterocycles. The Balaban J connectivity index is 1.30. The van der Waals surface area contributed by atoms with E-state index in [4.69, 9.17) is 11.6 Å². The van der Waals surface area contributed by atoms with Gasteiger partial charge in [-0.25, -0.2) is 4.98 Å². The fraction of sp³-hybridized carbons (Fsp3) is 0.261. The van der Waals surface area contributed by atoms with Gasteiger partial charge in [-0.15, -0.1) is 0 Å². The summed E-state index contributed by atoms with van der Waals surface area (Å²) in [7, 11) is 0. The van der Waals surface area contributed by atoms with Gasteiger partial charge in [0.25, 0.3) is 0 Å². The second-order valence-corrected chi connectivity index (χ2v) is 8.20. The third-order valence-corrected chi connectivity index (χ3v) is 6.03. The van der Waals surface area contributed by atoms with Crippen molar-refractivity contribution in [1.29, 1.82) is 0 Å². The number of carbonyl (C=O) groups is 2. The molecule has 0 bridgehead atoms. The minimum Gasteiger partial charge on any atom is -0.328 e. The van der Waals surface area contributed by atoms with Crippen molar-refractivity contribution in [3.63, 3.8) is 0 Å². The van der Waals surface area contributed by atoms with E-state index in [0.717, 1.165) is 47.8 Å². The topological polar surface area (TPSA) is 67.2 Å². The minimum absolute atomic E-state index is 0.0546. The van der Waals surface area contributed by atoms with E-state index in [2.05, 4.69) is 14.9 Å². The Hall–Kier alpha value is -3.12. The number of hydrogen-bond acceptors (Lipinski definition) is 3. The first-order valence-corrected chi connectivity index (χ1v) is 10.5. The lowest BCUT2D eigenvalue weighted by Gasteiger charge is -2.17. The molecule has 6 nitrogen and oxygen atoms in total. The lowest BCUT2D eigenvalue weighted by atomic mass is 10.1. The number of carbonyl (C=O) groups excluding carboxylic acids is 2. The van der Waals surface area contributed by atoms with Crippen molar-refractivity contribution in [3.05, 3.63) is 65.6 Å². The Morgan fingerprint density at radius 3 is 2.83 bits per heavy atom. The lowest BCUT2D eigenvalue weighted by molar-refractivity contribution is -0.122. The van der Waals surface area contributed by atoms with Crippen molar-refractivity contribution in [2.45, 2.75) is 25.8 Å². The molecule has 1 fully saturated rings. The van der Waals surface area contributed by atoms with Crippen molar-refractivity contribution < 1.29 is 9.59 Å². The molecular weight excluding hydrogens is 400 g/mol. The molecule has 0 spiro atoms. The van der Waals surface area contributed by atoms with Gasteiger partial charge in [-0.2, -0.15) is 0 Å². The minimum atomic E-state index is -0.393. The van der Waals surface area contributed by atoms with Crippen LogP contribution in [0, 0.1) is 5.92 Å². The molecule has 1 aromatic heterocycles. The highest BCUT2D eigenvalue weighted by atomic mass is 35.5. The third kappa shape index (κ3) is 3.48. The number of benzene rings is 2. The first kappa shape index (κ1) is 18.9. The van der Waals surface area contributed by atoms with Gasteiger partial charge in [-0.05, 0) is 42.8 Å². The highest BCUT2D eigenvalue weighted by Gasteiger charge is 2.35. The molecule has 2 amide bonds. The van der Waals surface area contributed by atoms with Crippen LogP contribution in [0.4, 0.5) is 11.4 Å². The van der Waals surface area contributed by atoms with Crippen LogP contribution in [0.3, 0.4) is 0 Å². The first-order chi connectivity index (χ1) is 14.6. The van der Waals surface area contributed by atoms with Crippen LogP contribution in [-0.4, -0.2) is 27.9 Å². The van der Waals surface area contributed by atoms with E-state index >= 15 is 0 Å². The second-order valence-electron chi connectivity index (χ2n) is 7.77. The summed E-state index contributed by atoms with van der Waals surface area (Å²) < 4.78 is 2.24. The molecule has 7 heteroatoms. The van der Waals surface area contributed by atoms with Crippen LogP contribution < -0.4 is 10.2 Å². The fourth-order valence-corrected chi connectivity index (χ4v) is 4.37. The summed E-state index contributed by atoms with van der Waals surface area (Å²) in [6.07, 6.45) is 4.22. The molecule has 2 aromatic carbocycles. The summed E-state index contributed by atoms with van der Waals surface area (Å²) in [6.45, 7) is 1.34. The Kier molecular flexibility index (Phi) is 4.79. The van der Waals surface area contributed by atoms with Crippen molar-refractivity contribution in [2.75, 3.05) is 16.8 Å². The number of nitrogens with one attached hydrogen (secondary N) is 1. The number of fused-ring (bicyclic) bond motifs is 1. The second kappa shape index (κ2) is 7.61. The Morgan fingerprint density at radius 1 is 1.17 bits per heavy atom. The standard InChI is InChI=1S/C23H21ClN4O2/c24-17-6-8-19(9-7-17)28-14-16(12-22(28)29)23(30)26-18-4-1-3-15(11-18)20-13-25-21-5-2-10-27(20)21/h1,3-4,6-9,11,13,16H,2,5,10,12,14H2,(H,26,30). The Labute approximate surface area is 179 Å². The molecule has 2 aliphatic rings. The van der Waals surface area contributed by atoms with E-state index in [1.165, 1.54) is 0 Å². The predicted octanol–water partition coefficient (Wildman–Crippen LogP) is 4.14. The zero-order valence-electron chi connectivity index (χ0n) is 16.3. The van der Waals surface area contributed by atoms with Gasteiger partial charge in [0.1, 0.15) is 5.82 Å². The van der Waals surface area contributed by atoms with Gasteiger partial charge in [0, 0.05) is 47.9 Å². The maximum Gasteiger partial charge on any atom is 0.229 e. The fourth-order valence-electron chi connectivity index (χ4n) is 4.24. The average Bonchev–Trinajstić information content (AvgIpc) is 3.44. The first-order valence-electron chi connectivity index (χ1n) is 10.1. The van der Waals surface area contributed by atoms with Crippen molar-refractivity contribution >= 4 is 34.8 Å². The predicted molar refractivity (Wildman–Crippen MR) is 117 cm³/mol. The van der Waals surface area contributed by atoms with Crippen molar-refractivity contribution in [3.8, 4) is 11.3 Å². The van der Waals surface area contributed by atoms with Crippen LogP contribution in [0.5, 0.6) is 0 Å². The van der Waals surface area contributed by atoms with Crippen LogP contribution in [0.1, 0.15) is 18.7 Å². The molecule has 0 radical (unpaired) electrons. The van der Waals surface area contributed by atoms with Gasteiger partial charge in [0.15, 0.2) is 0 Å².